The van der Waals surface area contributed by atoms with Gasteiger partial charge in [-0.25, -0.2) is 4.98 Å². The summed E-state index contributed by atoms with van der Waals surface area (Å²) in [6.45, 7) is 0. The molecule has 3 rings (SSSR count). The number of hydrogen-bond donors (Lipinski definition) is 3. The molecule has 0 bridgehead atoms. The molecule has 4 nitrogen and oxygen atoms in total. The highest BCUT2D eigenvalue weighted by atomic mass is 35.5. The van der Waals surface area contributed by atoms with Crippen LogP contribution in [0.25, 0.3) is 11.1 Å². The number of halogens is 1. The Hall–Kier alpha value is -2.37. The maximum absolute atomic E-state index is 5.98. The first-order valence-electron chi connectivity index (χ1n) is 7.52. The lowest BCUT2D eigenvalue weighted by atomic mass is 10.0. The fourth-order valence-corrected chi connectivity index (χ4v) is 3.06. The minimum Gasteiger partial charge on any atom is -0.399 e. The molecular weight excluding hydrogens is 340 g/mol. The van der Waals surface area contributed by atoms with Gasteiger partial charge in [0.2, 0.25) is 0 Å². The molecule has 1 aromatic heterocycles. The van der Waals surface area contributed by atoms with Crippen molar-refractivity contribution in [2.24, 2.45) is 0 Å². The lowest BCUT2D eigenvalue weighted by Crippen LogP contribution is -2.04. The Morgan fingerprint density at radius 2 is 1.62 bits per heavy atom. The monoisotopic (exact) mass is 356 g/mol. The number of nitrogens with one attached hydrogen (secondary N) is 1. The SMILES string of the molecule is Nc1ccc(CCc2[nH]c(N)nc(=S)c2-c2ccc(Cl)cc2)cc1. The Kier molecular flexibility index (Phi) is 4.83. The highest BCUT2D eigenvalue weighted by Gasteiger charge is 2.11. The zero-order chi connectivity index (χ0) is 17.1. The van der Waals surface area contributed by atoms with Gasteiger partial charge in [-0.15, -0.1) is 0 Å². The van der Waals surface area contributed by atoms with Crippen LogP contribution in [0.15, 0.2) is 48.5 Å². The van der Waals surface area contributed by atoms with Crippen LogP contribution in [-0.2, 0) is 12.8 Å². The van der Waals surface area contributed by atoms with Crippen molar-refractivity contribution in [2.45, 2.75) is 12.8 Å². The van der Waals surface area contributed by atoms with Gasteiger partial charge in [0, 0.05) is 22.0 Å². The third-order valence-electron chi connectivity index (χ3n) is 3.79. The number of nitrogen functional groups attached to an aromatic ring is 2. The number of nitrogens with two attached hydrogens (primary N) is 2. The van der Waals surface area contributed by atoms with Crippen LogP contribution in [0.4, 0.5) is 11.6 Å². The van der Waals surface area contributed by atoms with E-state index >= 15 is 0 Å². The normalized spacial score (nSPS) is 10.7. The van der Waals surface area contributed by atoms with Crippen LogP contribution in [0.2, 0.25) is 5.02 Å². The van der Waals surface area contributed by atoms with E-state index in [9.17, 15) is 0 Å². The number of rotatable bonds is 4. The molecule has 0 spiro atoms. The van der Waals surface area contributed by atoms with E-state index in [0.29, 0.717) is 15.6 Å². The van der Waals surface area contributed by atoms with E-state index in [2.05, 4.69) is 9.97 Å². The summed E-state index contributed by atoms with van der Waals surface area (Å²) in [5, 5.41) is 0.681. The van der Waals surface area contributed by atoms with Gasteiger partial charge in [0.1, 0.15) is 4.64 Å². The van der Waals surface area contributed by atoms with Crippen molar-refractivity contribution in [1.82, 2.24) is 9.97 Å². The van der Waals surface area contributed by atoms with Crippen molar-refractivity contribution in [3.63, 3.8) is 0 Å². The molecule has 0 aliphatic rings. The number of benzene rings is 2. The van der Waals surface area contributed by atoms with Crippen molar-refractivity contribution in [1.29, 1.82) is 0 Å². The van der Waals surface area contributed by atoms with Crippen molar-refractivity contribution in [2.75, 3.05) is 11.5 Å². The van der Waals surface area contributed by atoms with E-state index in [-0.39, 0.29) is 0 Å². The van der Waals surface area contributed by atoms with Gasteiger partial charge < -0.3 is 16.5 Å². The van der Waals surface area contributed by atoms with Crippen LogP contribution < -0.4 is 11.5 Å². The molecule has 0 amide bonds. The van der Waals surface area contributed by atoms with Gasteiger partial charge in [-0.05, 0) is 48.2 Å². The molecule has 1 heterocycles. The van der Waals surface area contributed by atoms with Gasteiger partial charge in [-0.2, -0.15) is 0 Å². The molecule has 0 saturated heterocycles. The quantitative estimate of drug-likeness (QED) is 0.477. The Morgan fingerprint density at radius 3 is 2.29 bits per heavy atom. The molecular formula is C18H17ClN4S. The molecule has 0 fully saturated rings. The van der Waals surface area contributed by atoms with E-state index in [0.717, 1.165) is 35.3 Å². The Morgan fingerprint density at radius 1 is 0.958 bits per heavy atom. The number of anilines is 2. The van der Waals surface area contributed by atoms with Crippen molar-refractivity contribution < 1.29 is 0 Å². The summed E-state index contributed by atoms with van der Waals surface area (Å²) in [5.74, 6) is 0.324. The van der Waals surface area contributed by atoms with Crippen LogP contribution in [-0.4, -0.2) is 9.97 Å². The molecule has 6 heteroatoms. The van der Waals surface area contributed by atoms with E-state index in [1.54, 1.807) is 0 Å². The number of aryl methyl sites for hydroxylation is 2. The average Bonchev–Trinajstić information content (AvgIpc) is 2.55. The lowest BCUT2D eigenvalue weighted by Gasteiger charge is -2.11. The molecule has 0 unspecified atom stereocenters. The molecule has 5 N–H and O–H groups in total. The molecule has 0 aliphatic heterocycles. The van der Waals surface area contributed by atoms with Crippen LogP contribution in [0.1, 0.15) is 11.3 Å². The van der Waals surface area contributed by atoms with E-state index < -0.39 is 0 Å². The molecule has 122 valence electrons. The van der Waals surface area contributed by atoms with Crippen LogP contribution >= 0.6 is 23.8 Å². The van der Waals surface area contributed by atoms with Crippen LogP contribution in [0, 0.1) is 4.64 Å². The standard InChI is InChI=1S/C18H17ClN4S/c19-13-6-4-12(5-7-13)16-15(22-18(21)23-17(16)24)10-3-11-1-8-14(20)9-2-11/h1-2,4-9H,3,10,20H2,(H3,21,22,23,24). The van der Waals surface area contributed by atoms with Crippen LogP contribution in [0.5, 0.6) is 0 Å². The topological polar surface area (TPSA) is 80.7 Å². The largest absolute Gasteiger partial charge is 0.399 e. The highest BCUT2D eigenvalue weighted by molar-refractivity contribution is 7.71. The number of aromatic amines is 1. The predicted molar refractivity (Wildman–Crippen MR) is 103 cm³/mol. The minimum atomic E-state index is 0.324. The smallest absolute Gasteiger partial charge is 0.198 e. The first kappa shape index (κ1) is 16.5. The van der Waals surface area contributed by atoms with Crippen molar-refractivity contribution in [3.05, 3.63) is 69.5 Å². The molecule has 3 aromatic rings. The molecule has 24 heavy (non-hydrogen) atoms. The van der Waals surface area contributed by atoms with Gasteiger partial charge in [-0.3, -0.25) is 0 Å². The van der Waals surface area contributed by atoms with E-state index in [1.807, 2.05) is 48.5 Å². The Bertz CT molecular complexity index is 902. The number of aromatic nitrogens is 2. The average molecular weight is 357 g/mol. The minimum absolute atomic E-state index is 0.324. The summed E-state index contributed by atoms with van der Waals surface area (Å²) < 4.78 is 0.487. The lowest BCUT2D eigenvalue weighted by molar-refractivity contribution is 0.906. The maximum Gasteiger partial charge on any atom is 0.198 e. The summed E-state index contributed by atoms with van der Waals surface area (Å²) >= 11 is 11.4. The predicted octanol–water partition coefficient (Wildman–Crippen LogP) is 4.41. The molecule has 0 aliphatic carbocycles. The second-order valence-electron chi connectivity index (χ2n) is 5.53. The fraction of sp³-hybridized carbons (Fsp3) is 0.111. The van der Waals surface area contributed by atoms with Gasteiger partial charge >= 0.3 is 0 Å². The third-order valence-corrected chi connectivity index (χ3v) is 4.34. The molecule has 0 atom stereocenters. The zero-order valence-electron chi connectivity index (χ0n) is 12.9. The van der Waals surface area contributed by atoms with Gasteiger partial charge in [-0.1, -0.05) is 48.1 Å². The van der Waals surface area contributed by atoms with Gasteiger partial charge in [0.05, 0.1) is 0 Å². The number of nitrogens with zero attached hydrogens (tertiary/aromatic N) is 1. The zero-order valence-corrected chi connectivity index (χ0v) is 14.5. The highest BCUT2D eigenvalue weighted by Crippen LogP contribution is 2.26. The summed E-state index contributed by atoms with van der Waals surface area (Å²) in [5.41, 5.74) is 16.4. The number of hydrogen-bond acceptors (Lipinski definition) is 4. The Labute approximate surface area is 150 Å². The maximum atomic E-state index is 5.98. The van der Waals surface area contributed by atoms with E-state index in [1.165, 1.54) is 5.56 Å². The molecule has 2 aromatic carbocycles. The second-order valence-corrected chi connectivity index (χ2v) is 6.35. The summed E-state index contributed by atoms with van der Waals surface area (Å²) in [6.07, 6.45) is 1.60. The van der Waals surface area contributed by atoms with Crippen molar-refractivity contribution in [3.8, 4) is 11.1 Å². The second kappa shape index (κ2) is 7.03. The van der Waals surface area contributed by atoms with Crippen molar-refractivity contribution >= 4 is 35.5 Å². The summed E-state index contributed by atoms with van der Waals surface area (Å²) in [7, 11) is 0. The first-order chi connectivity index (χ1) is 11.5. The molecule has 0 saturated carbocycles. The first-order valence-corrected chi connectivity index (χ1v) is 8.30. The van der Waals surface area contributed by atoms with Crippen LogP contribution in [0.3, 0.4) is 0 Å². The summed E-state index contributed by atoms with van der Waals surface area (Å²) in [4.78, 5) is 7.34. The van der Waals surface area contributed by atoms with Gasteiger partial charge in [0.15, 0.2) is 5.95 Å². The third kappa shape index (κ3) is 3.75. The number of H-pyrrole nitrogens is 1. The fourth-order valence-electron chi connectivity index (χ4n) is 2.59. The Balaban J connectivity index is 1.95. The van der Waals surface area contributed by atoms with E-state index in [4.69, 9.17) is 35.3 Å². The van der Waals surface area contributed by atoms with Gasteiger partial charge in [0.25, 0.3) is 0 Å². The summed E-state index contributed by atoms with van der Waals surface area (Å²) in [6, 6.07) is 15.4. The molecule has 0 radical (unpaired) electrons.